The molecule has 0 saturated heterocycles. The molecule has 0 aromatic heterocycles. The van der Waals surface area contributed by atoms with Crippen molar-refractivity contribution in [2.75, 3.05) is 0 Å². The van der Waals surface area contributed by atoms with Crippen LogP contribution in [-0.4, -0.2) is 0 Å². The maximum absolute atomic E-state index is 3.90. The molecule has 0 spiro atoms. The normalized spacial score (nSPS) is 17.4. The molecule has 0 aromatic carbocycles. The summed E-state index contributed by atoms with van der Waals surface area (Å²) in [7, 11) is 0. The van der Waals surface area contributed by atoms with Crippen LogP contribution >= 0.6 is 0 Å². The van der Waals surface area contributed by atoms with Crippen LogP contribution in [0.1, 0.15) is 59.8 Å². The highest BCUT2D eigenvalue weighted by atomic mass is 14.2. The van der Waals surface area contributed by atoms with Crippen molar-refractivity contribution in [3.63, 3.8) is 0 Å². The molecule has 0 heteroatoms. The van der Waals surface area contributed by atoms with Gasteiger partial charge in [-0.3, -0.25) is 0 Å². The Labute approximate surface area is 90.8 Å². The molecule has 3 atom stereocenters. The van der Waals surface area contributed by atoms with Gasteiger partial charge in [0.15, 0.2) is 0 Å². The summed E-state index contributed by atoms with van der Waals surface area (Å²) in [6, 6.07) is 0. The van der Waals surface area contributed by atoms with Gasteiger partial charge in [0.25, 0.3) is 0 Å². The first-order valence-electron chi connectivity index (χ1n) is 6.31. The Morgan fingerprint density at radius 3 is 2.00 bits per heavy atom. The molecule has 0 amide bonds. The molecule has 0 radical (unpaired) electrons. The Kier molecular flexibility index (Phi) is 7.93. The van der Waals surface area contributed by atoms with Crippen molar-refractivity contribution in [1.82, 2.24) is 0 Å². The van der Waals surface area contributed by atoms with E-state index in [-0.39, 0.29) is 0 Å². The maximum atomic E-state index is 3.90. The van der Waals surface area contributed by atoms with Gasteiger partial charge in [0, 0.05) is 0 Å². The van der Waals surface area contributed by atoms with Crippen LogP contribution < -0.4 is 0 Å². The highest BCUT2D eigenvalue weighted by Gasteiger charge is 2.14. The van der Waals surface area contributed by atoms with E-state index in [1.807, 2.05) is 0 Å². The third-order valence-electron chi connectivity index (χ3n) is 3.74. The fourth-order valence-electron chi connectivity index (χ4n) is 2.14. The molecule has 0 aromatic rings. The molecule has 14 heavy (non-hydrogen) atoms. The zero-order valence-corrected chi connectivity index (χ0v) is 10.6. The van der Waals surface area contributed by atoms with E-state index in [2.05, 4.69) is 40.3 Å². The Morgan fingerprint density at radius 2 is 1.64 bits per heavy atom. The second-order valence-electron chi connectivity index (χ2n) is 4.54. The van der Waals surface area contributed by atoms with Gasteiger partial charge >= 0.3 is 0 Å². The highest BCUT2D eigenvalue weighted by molar-refractivity contribution is 4.79. The van der Waals surface area contributed by atoms with Gasteiger partial charge in [-0.05, 0) is 37.0 Å². The number of hydrogen-bond donors (Lipinski definition) is 0. The van der Waals surface area contributed by atoms with Crippen molar-refractivity contribution in [2.24, 2.45) is 17.8 Å². The van der Waals surface area contributed by atoms with Gasteiger partial charge in [0.2, 0.25) is 0 Å². The number of rotatable bonds is 8. The molecule has 0 N–H and O–H groups in total. The lowest BCUT2D eigenvalue weighted by molar-refractivity contribution is 0.297. The van der Waals surface area contributed by atoms with Crippen molar-refractivity contribution < 1.29 is 0 Å². The van der Waals surface area contributed by atoms with Crippen LogP contribution in [-0.2, 0) is 0 Å². The van der Waals surface area contributed by atoms with Crippen molar-refractivity contribution >= 4 is 0 Å². The Morgan fingerprint density at radius 1 is 1.00 bits per heavy atom. The largest absolute Gasteiger partial charge is 0.103 e. The zero-order valence-electron chi connectivity index (χ0n) is 10.6. The number of hydrogen-bond acceptors (Lipinski definition) is 0. The fraction of sp³-hybridized carbons (Fsp3) is 0.857. The van der Waals surface area contributed by atoms with Gasteiger partial charge in [-0.2, -0.15) is 0 Å². The molecular weight excluding hydrogens is 168 g/mol. The summed E-state index contributed by atoms with van der Waals surface area (Å²) < 4.78 is 0. The first-order chi connectivity index (χ1) is 6.69. The van der Waals surface area contributed by atoms with E-state index in [9.17, 15) is 0 Å². The average Bonchev–Trinajstić information content (AvgIpc) is 2.24. The highest BCUT2D eigenvalue weighted by Crippen LogP contribution is 2.26. The average molecular weight is 196 g/mol. The maximum Gasteiger partial charge on any atom is -0.0239 e. The first kappa shape index (κ1) is 13.7. The Bertz CT molecular complexity index is 137. The third kappa shape index (κ3) is 4.83. The van der Waals surface area contributed by atoms with E-state index in [1.165, 1.54) is 32.1 Å². The molecule has 0 saturated carbocycles. The Hall–Kier alpha value is -0.260. The van der Waals surface area contributed by atoms with Gasteiger partial charge < -0.3 is 0 Å². The topological polar surface area (TPSA) is 0 Å². The quantitative estimate of drug-likeness (QED) is 0.476. The first-order valence-corrected chi connectivity index (χ1v) is 6.31. The zero-order chi connectivity index (χ0) is 11.0. The summed E-state index contributed by atoms with van der Waals surface area (Å²) in [6.07, 6.45) is 8.76. The van der Waals surface area contributed by atoms with E-state index in [0.717, 1.165) is 17.8 Å². The van der Waals surface area contributed by atoms with Crippen LogP contribution in [0.3, 0.4) is 0 Å². The van der Waals surface area contributed by atoms with Gasteiger partial charge in [0.05, 0.1) is 0 Å². The lowest BCUT2D eigenvalue weighted by Crippen LogP contribution is -2.11. The van der Waals surface area contributed by atoms with Crippen molar-refractivity contribution in [2.45, 2.75) is 59.8 Å². The lowest BCUT2D eigenvalue weighted by Gasteiger charge is -2.22. The summed E-state index contributed by atoms with van der Waals surface area (Å²) in [5.41, 5.74) is 0. The van der Waals surface area contributed by atoms with Crippen LogP contribution in [0.2, 0.25) is 0 Å². The van der Waals surface area contributed by atoms with E-state index in [4.69, 9.17) is 0 Å². The monoisotopic (exact) mass is 196 g/mol. The predicted molar refractivity (Wildman–Crippen MR) is 66.4 cm³/mol. The second-order valence-corrected chi connectivity index (χ2v) is 4.54. The summed E-state index contributed by atoms with van der Waals surface area (Å²) in [4.78, 5) is 0. The smallest absolute Gasteiger partial charge is 0.0239 e. The summed E-state index contributed by atoms with van der Waals surface area (Å²) in [5.74, 6) is 2.56. The van der Waals surface area contributed by atoms with Gasteiger partial charge in [-0.25, -0.2) is 0 Å². The molecule has 0 nitrogen and oxygen atoms in total. The fourth-order valence-corrected chi connectivity index (χ4v) is 2.14. The van der Waals surface area contributed by atoms with E-state index >= 15 is 0 Å². The van der Waals surface area contributed by atoms with E-state index < -0.39 is 0 Å². The molecule has 84 valence electrons. The molecule has 0 rings (SSSR count). The van der Waals surface area contributed by atoms with Crippen molar-refractivity contribution in [1.29, 1.82) is 0 Å². The lowest BCUT2D eigenvalue weighted by atomic mass is 9.83. The Balaban J connectivity index is 3.87. The van der Waals surface area contributed by atoms with Crippen LogP contribution in [0.5, 0.6) is 0 Å². The minimum absolute atomic E-state index is 0.744. The summed E-state index contributed by atoms with van der Waals surface area (Å²) in [5, 5.41) is 0. The SMILES string of the molecule is C=CC(CC)CCC(CC)C(C)CC. The van der Waals surface area contributed by atoms with Crippen molar-refractivity contribution in [3.05, 3.63) is 12.7 Å². The standard InChI is InChI=1S/C14H28/c1-6-12(5)14(9-4)11-10-13(7-2)8-3/h7,12-14H,2,6,8-11H2,1,3-5H3. The summed E-state index contributed by atoms with van der Waals surface area (Å²) >= 11 is 0. The molecule has 0 aliphatic heterocycles. The van der Waals surface area contributed by atoms with Crippen LogP contribution in [0.4, 0.5) is 0 Å². The van der Waals surface area contributed by atoms with Crippen LogP contribution in [0.15, 0.2) is 12.7 Å². The van der Waals surface area contributed by atoms with Crippen LogP contribution in [0.25, 0.3) is 0 Å². The van der Waals surface area contributed by atoms with E-state index in [0.29, 0.717) is 0 Å². The molecular formula is C14H28. The van der Waals surface area contributed by atoms with Crippen molar-refractivity contribution in [3.8, 4) is 0 Å². The van der Waals surface area contributed by atoms with Gasteiger partial charge in [-0.15, -0.1) is 6.58 Å². The molecule has 0 heterocycles. The second kappa shape index (κ2) is 8.08. The number of allylic oxidation sites excluding steroid dienone is 1. The summed E-state index contributed by atoms with van der Waals surface area (Å²) in [6.45, 7) is 13.2. The molecule has 0 bridgehead atoms. The molecule has 0 fully saturated rings. The van der Waals surface area contributed by atoms with E-state index in [1.54, 1.807) is 0 Å². The van der Waals surface area contributed by atoms with Gasteiger partial charge in [0.1, 0.15) is 0 Å². The third-order valence-corrected chi connectivity index (χ3v) is 3.74. The van der Waals surface area contributed by atoms with Gasteiger partial charge in [-0.1, -0.05) is 46.6 Å². The van der Waals surface area contributed by atoms with Crippen LogP contribution in [0, 0.1) is 17.8 Å². The molecule has 0 aliphatic rings. The minimum atomic E-state index is 0.744. The molecule has 3 unspecified atom stereocenters. The molecule has 0 aliphatic carbocycles. The minimum Gasteiger partial charge on any atom is -0.103 e. The predicted octanol–water partition coefficient (Wildman–Crippen LogP) is 5.05.